The molecule has 3 unspecified atom stereocenters. The predicted octanol–water partition coefficient (Wildman–Crippen LogP) is 3.14. The van der Waals surface area contributed by atoms with Crippen LogP contribution in [0.4, 0.5) is 0 Å². The van der Waals surface area contributed by atoms with E-state index in [1.165, 1.54) is 0 Å². The second-order valence-electron chi connectivity index (χ2n) is 5.23. The van der Waals surface area contributed by atoms with Crippen molar-refractivity contribution in [3.8, 4) is 5.75 Å². The number of fused-ring (bicyclic) bond motifs is 1. The Morgan fingerprint density at radius 1 is 1.43 bits per heavy atom. The van der Waals surface area contributed by atoms with Crippen LogP contribution in [0.3, 0.4) is 0 Å². The zero-order valence-corrected chi connectivity index (χ0v) is 13.0. The summed E-state index contributed by atoms with van der Waals surface area (Å²) >= 11 is 1.75. The Morgan fingerprint density at radius 2 is 2.24 bits per heavy atom. The Balaban J connectivity index is 1.79. The quantitative estimate of drug-likeness (QED) is 0.935. The highest BCUT2D eigenvalue weighted by atomic mass is 32.2. The number of aromatic nitrogens is 2. The van der Waals surface area contributed by atoms with Crippen molar-refractivity contribution >= 4 is 11.8 Å². The number of thioether (sulfide) groups is 1. The minimum Gasteiger partial charge on any atom is -0.480 e. The van der Waals surface area contributed by atoms with Gasteiger partial charge in [0.1, 0.15) is 5.75 Å². The SMILES string of the molecule is CCC(c1nc(C2CSc3ccccc3O2)no1)C(C)N. The summed E-state index contributed by atoms with van der Waals surface area (Å²) in [7, 11) is 0. The fourth-order valence-corrected chi connectivity index (χ4v) is 3.43. The average Bonchev–Trinajstić information content (AvgIpc) is 2.96. The average molecular weight is 305 g/mol. The normalized spacial score (nSPS) is 20.4. The zero-order valence-electron chi connectivity index (χ0n) is 12.2. The Bertz CT molecular complexity index is 614. The van der Waals surface area contributed by atoms with Gasteiger partial charge in [-0.05, 0) is 25.5 Å². The van der Waals surface area contributed by atoms with Crippen LogP contribution in [0.5, 0.6) is 5.75 Å². The molecule has 3 rings (SSSR count). The first kappa shape index (κ1) is 14.4. The molecule has 1 aromatic heterocycles. The first-order valence-electron chi connectivity index (χ1n) is 7.16. The molecular weight excluding hydrogens is 286 g/mol. The van der Waals surface area contributed by atoms with Crippen molar-refractivity contribution in [1.29, 1.82) is 0 Å². The number of benzene rings is 1. The summed E-state index contributed by atoms with van der Waals surface area (Å²) in [5.41, 5.74) is 5.97. The lowest BCUT2D eigenvalue weighted by molar-refractivity contribution is 0.204. The lowest BCUT2D eigenvalue weighted by Crippen LogP contribution is -2.24. The van der Waals surface area contributed by atoms with Crippen molar-refractivity contribution in [2.24, 2.45) is 5.73 Å². The van der Waals surface area contributed by atoms with Crippen LogP contribution in [0.1, 0.15) is 44.0 Å². The van der Waals surface area contributed by atoms with E-state index >= 15 is 0 Å². The maximum Gasteiger partial charge on any atom is 0.231 e. The van der Waals surface area contributed by atoms with Crippen LogP contribution in [-0.4, -0.2) is 21.9 Å². The number of hydrogen-bond donors (Lipinski definition) is 1. The lowest BCUT2D eigenvalue weighted by atomic mass is 9.99. The van der Waals surface area contributed by atoms with Crippen LogP contribution in [0.2, 0.25) is 0 Å². The number of nitrogens with zero attached hydrogens (tertiary/aromatic N) is 2. The highest BCUT2D eigenvalue weighted by Crippen LogP contribution is 2.39. The summed E-state index contributed by atoms with van der Waals surface area (Å²) < 4.78 is 11.4. The molecule has 0 saturated carbocycles. The van der Waals surface area contributed by atoms with Crippen LogP contribution >= 0.6 is 11.8 Å². The third-order valence-electron chi connectivity index (χ3n) is 3.65. The molecule has 1 aromatic carbocycles. The van der Waals surface area contributed by atoms with Gasteiger partial charge in [0.25, 0.3) is 0 Å². The molecule has 0 radical (unpaired) electrons. The number of ether oxygens (including phenoxy) is 1. The van der Waals surface area contributed by atoms with E-state index in [0.29, 0.717) is 11.7 Å². The van der Waals surface area contributed by atoms with Gasteiger partial charge >= 0.3 is 0 Å². The molecule has 1 aliphatic rings. The van der Waals surface area contributed by atoms with E-state index < -0.39 is 0 Å². The maximum atomic E-state index is 5.97. The van der Waals surface area contributed by atoms with E-state index in [-0.39, 0.29) is 18.1 Å². The molecule has 3 atom stereocenters. The third-order valence-corrected chi connectivity index (χ3v) is 4.76. The second-order valence-corrected chi connectivity index (χ2v) is 6.29. The molecule has 0 amide bonds. The molecule has 0 aliphatic carbocycles. The van der Waals surface area contributed by atoms with Gasteiger partial charge < -0.3 is 15.0 Å². The molecule has 0 spiro atoms. The largest absolute Gasteiger partial charge is 0.480 e. The second kappa shape index (κ2) is 6.07. The van der Waals surface area contributed by atoms with E-state index in [1.54, 1.807) is 11.8 Å². The van der Waals surface area contributed by atoms with Gasteiger partial charge in [0.2, 0.25) is 11.7 Å². The number of hydrogen-bond acceptors (Lipinski definition) is 6. The molecule has 2 heterocycles. The third kappa shape index (κ3) is 2.91. The zero-order chi connectivity index (χ0) is 14.8. The van der Waals surface area contributed by atoms with Crippen LogP contribution in [0.25, 0.3) is 0 Å². The van der Waals surface area contributed by atoms with Crippen molar-refractivity contribution in [1.82, 2.24) is 10.1 Å². The molecule has 2 aromatic rings. The molecule has 5 nitrogen and oxygen atoms in total. The number of nitrogens with two attached hydrogens (primary N) is 1. The first-order chi connectivity index (χ1) is 10.2. The van der Waals surface area contributed by atoms with Gasteiger partial charge in [-0.1, -0.05) is 24.2 Å². The maximum absolute atomic E-state index is 5.97. The van der Waals surface area contributed by atoms with Crippen molar-refractivity contribution in [2.75, 3.05) is 5.75 Å². The summed E-state index contributed by atoms with van der Waals surface area (Å²) in [6, 6.07) is 7.99. The van der Waals surface area contributed by atoms with Crippen molar-refractivity contribution in [3.63, 3.8) is 0 Å². The molecule has 1 aliphatic heterocycles. The molecular formula is C15H19N3O2S. The predicted molar refractivity (Wildman–Crippen MR) is 81.5 cm³/mol. The molecule has 0 bridgehead atoms. The van der Waals surface area contributed by atoms with E-state index in [1.807, 2.05) is 25.1 Å². The van der Waals surface area contributed by atoms with E-state index in [2.05, 4.69) is 23.1 Å². The smallest absolute Gasteiger partial charge is 0.231 e. The minimum absolute atomic E-state index is 0.00863. The van der Waals surface area contributed by atoms with Crippen molar-refractivity contribution in [3.05, 3.63) is 36.0 Å². The van der Waals surface area contributed by atoms with Gasteiger partial charge in [-0.3, -0.25) is 0 Å². The van der Waals surface area contributed by atoms with Gasteiger partial charge in [-0.15, -0.1) is 11.8 Å². The molecule has 6 heteroatoms. The standard InChI is InChI=1S/C15H19N3O2S/c1-3-10(9(2)16)15-17-14(18-20-15)12-8-21-13-7-5-4-6-11(13)19-12/h4-7,9-10,12H,3,8,16H2,1-2H3. The molecule has 0 fully saturated rings. The lowest BCUT2D eigenvalue weighted by Gasteiger charge is -2.23. The summed E-state index contributed by atoms with van der Waals surface area (Å²) in [5, 5.41) is 4.08. The Morgan fingerprint density at radius 3 is 3.00 bits per heavy atom. The first-order valence-corrected chi connectivity index (χ1v) is 8.15. The molecule has 112 valence electrons. The Labute approximate surface area is 128 Å². The fourth-order valence-electron chi connectivity index (χ4n) is 2.45. The van der Waals surface area contributed by atoms with Gasteiger partial charge in [-0.25, -0.2) is 0 Å². The Kier molecular flexibility index (Phi) is 4.17. The van der Waals surface area contributed by atoms with Crippen molar-refractivity contribution in [2.45, 2.75) is 43.2 Å². The highest BCUT2D eigenvalue weighted by Gasteiger charge is 2.28. The molecule has 2 N–H and O–H groups in total. The number of rotatable bonds is 4. The topological polar surface area (TPSA) is 74.2 Å². The highest BCUT2D eigenvalue weighted by molar-refractivity contribution is 7.99. The van der Waals surface area contributed by atoms with Crippen LogP contribution < -0.4 is 10.5 Å². The Hall–Kier alpha value is -1.53. The van der Waals surface area contributed by atoms with Crippen LogP contribution in [0, 0.1) is 0 Å². The van der Waals surface area contributed by atoms with E-state index in [4.69, 9.17) is 15.0 Å². The fraction of sp³-hybridized carbons (Fsp3) is 0.467. The molecule has 0 saturated heterocycles. The van der Waals surface area contributed by atoms with E-state index in [9.17, 15) is 0 Å². The summed E-state index contributed by atoms with van der Waals surface area (Å²) in [5.74, 6) is 2.96. The molecule has 21 heavy (non-hydrogen) atoms. The van der Waals surface area contributed by atoms with Gasteiger partial charge in [0, 0.05) is 16.7 Å². The monoisotopic (exact) mass is 305 g/mol. The summed E-state index contributed by atoms with van der Waals surface area (Å²) in [6.45, 7) is 4.03. The van der Waals surface area contributed by atoms with E-state index in [0.717, 1.165) is 22.8 Å². The minimum atomic E-state index is -0.173. The van der Waals surface area contributed by atoms with Gasteiger partial charge in [0.05, 0.1) is 5.92 Å². The van der Waals surface area contributed by atoms with Crippen LogP contribution in [0.15, 0.2) is 33.7 Å². The van der Waals surface area contributed by atoms with Crippen LogP contribution in [-0.2, 0) is 0 Å². The van der Waals surface area contributed by atoms with Gasteiger partial charge in [0.15, 0.2) is 6.10 Å². The summed E-state index contributed by atoms with van der Waals surface area (Å²) in [6.07, 6.45) is 0.704. The van der Waals surface area contributed by atoms with Gasteiger partial charge in [-0.2, -0.15) is 4.98 Å². The summed E-state index contributed by atoms with van der Waals surface area (Å²) in [4.78, 5) is 5.66. The number of para-hydroxylation sites is 1. The van der Waals surface area contributed by atoms with Crippen molar-refractivity contribution < 1.29 is 9.26 Å².